The third-order valence-corrected chi connectivity index (χ3v) is 2.90. The molecular formula is C11H12F3N3O2. The molecular weight excluding hydrogens is 263 g/mol. The van der Waals surface area contributed by atoms with Gasteiger partial charge in [0, 0.05) is 19.0 Å². The summed E-state index contributed by atoms with van der Waals surface area (Å²) in [4.78, 5) is 19.4. The third kappa shape index (κ3) is 3.12. The number of carbonyl (C=O) groups excluding carboxylic acids is 1. The van der Waals surface area contributed by atoms with Gasteiger partial charge in [-0.05, 0) is 0 Å². The van der Waals surface area contributed by atoms with E-state index in [1.54, 1.807) is 0 Å². The molecule has 1 aromatic rings. The molecule has 0 N–H and O–H groups in total. The molecule has 0 spiro atoms. The smallest absolute Gasteiger partial charge is 0.451 e. The lowest BCUT2D eigenvalue weighted by Gasteiger charge is -2.40. The van der Waals surface area contributed by atoms with Gasteiger partial charge in [0.1, 0.15) is 0 Å². The Kier molecular flexibility index (Phi) is 3.59. The number of aromatic nitrogens is 2. The first-order valence-electron chi connectivity index (χ1n) is 5.61. The quantitative estimate of drug-likeness (QED) is 0.782. The molecule has 1 saturated heterocycles. The fraction of sp³-hybridized carbons (Fsp3) is 0.545. The number of hydrogen-bond donors (Lipinski definition) is 0. The first-order valence-corrected chi connectivity index (χ1v) is 5.61. The van der Waals surface area contributed by atoms with Gasteiger partial charge in [0.25, 0.3) is 0 Å². The third-order valence-electron chi connectivity index (χ3n) is 2.90. The van der Waals surface area contributed by atoms with Crippen LogP contribution < -0.4 is 4.90 Å². The number of nitrogens with zero attached hydrogens (tertiary/aromatic N) is 3. The van der Waals surface area contributed by atoms with Crippen molar-refractivity contribution < 1.29 is 22.7 Å². The van der Waals surface area contributed by atoms with Gasteiger partial charge >= 0.3 is 12.1 Å². The van der Waals surface area contributed by atoms with Crippen molar-refractivity contribution in [2.75, 3.05) is 25.1 Å². The van der Waals surface area contributed by atoms with Crippen LogP contribution in [0.25, 0.3) is 0 Å². The summed E-state index contributed by atoms with van der Waals surface area (Å²) in [6, 6.07) is 0. The van der Waals surface area contributed by atoms with Crippen molar-refractivity contribution >= 4 is 11.7 Å². The van der Waals surface area contributed by atoms with E-state index in [0.29, 0.717) is 25.2 Å². The minimum absolute atomic E-state index is 0.162. The van der Waals surface area contributed by atoms with Gasteiger partial charge in [-0.25, -0.2) is 9.97 Å². The predicted octanol–water partition coefficient (Wildman–Crippen LogP) is 1.49. The highest BCUT2D eigenvalue weighted by Gasteiger charge is 2.35. The number of rotatable bonds is 3. The summed E-state index contributed by atoms with van der Waals surface area (Å²) >= 11 is 0. The minimum Gasteiger partial charge on any atom is -0.469 e. The first kappa shape index (κ1) is 13.6. The zero-order valence-electron chi connectivity index (χ0n) is 10.1. The fourth-order valence-corrected chi connectivity index (χ4v) is 1.86. The number of halogens is 3. The molecule has 0 unspecified atom stereocenters. The summed E-state index contributed by atoms with van der Waals surface area (Å²) in [5, 5.41) is 0. The Morgan fingerprint density at radius 2 is 2.00 bits per heavy atom. The van der Waals surface area contributed by atoms with Gasteiger partial charge < -0.3 is 9.64 Å². The number of alkyl halides is 3. The van der Waals surface area contributed by atoms with Crippen molar-refractivity contribution in [1.82, 2.24) is 9.97 Å². The zero-order valence-corrected chi connectivity index (χ0v) is 10.1. The van der Waals surface area contributed by atoms with E-state index in [1.807, 2.05) is 4.90 Å². The largest absolute Gasteiger partial charge is 0.469 e. The normalized spacial score (nSPS) is 16.1. The number of ether oxygens (including phenoxy) is 1. The van der Waals surface area contributed by atoms with Crippen LogP contribution in [-0.4, -0.2) is 36.1 Å². The van der Waals surface area contributed by atoms with Crippen LogP contribution in [0, 0.1) is 5.92 Å². The molecule has 2 rings (SSSR count). The molecule has 0 saturated carbocycles. The highest BCUT2D eigenvalue weighted by Crippen LogP contribution is 2.29. The van der Waals surface area contributed by atoms with E-state index < -0.39 is 12.0 Å². The molecule has 8 heteroatoms. The average molecular weight is 275 g/mol. The van der Waals surface area contributed by atoms with Crippen LogP contribution in [0.1, 0.15) is 12.2 Å². The Morgan fingerprint density at radius 1 is 1.42 bits per heavy atom. The summed E-state index contributed by atoms with van der Waals surface area (Å²) in [5.74, 6) is -1.27. The molecule has 2 heterocycles. The van der Waals surface area contributed by atoms with Gasteiger partial charge in [-0.1, -0.05) is 0 Å². The van der Waals surface area contributed by atoms with Crippen LogP contribution in [-0.2, 0) is 15.7 Å². The molecule has 0 atom stereocenters. The first-order chi connectivity index (χ1) is 8.90. The molecule has 104 valence electrons. The number of methoxy groups -OCH3 is 1. The van der Waals surface area contributed by atoms with E-state index in [0.717, 1.165) is 12.4 Å². The van der Waals surface area contributed by atoms with Crippen LogP contribution >= 0.6 is 0 Å². The molecule has 0 aliphatic carbocycles. The lowest BCUT2D eigenvalue weighted by Crippen LogP contribution is -2.47. The van der Waals surface area contributed by atoms with Crippen LogP contribution in [0.2, 0.25) is 0 Å². The summed E-state index contributed by atoms with van der Waals surface area (Å²) in [6.07, 6.45) is -1.93. The number of anilines is 1. The van der Waals surface area contributed by atoms with E-state index in [2.05, 4.69) is 14.7 Å². The molecule has 1 aliphatic rings. The molecule has 1 fully saturated rings. The fourth-order valence-electron chi connectivity index (χ4n) is 1.86. The highest BCUT2D eigenvalue weighted by molar-refractivity contribution is 5.70. The Labute approximate surface area is 107 Å². The molecule has 0 aromatic carbocycles. The van der Waals surface area contributed by atoms with Gasteiger partial charge in [0.15, 0.2) is 0 Å². The monoisotopic (exact) mass is 275 g/mol. The van der Waals surface area contributed by atoms with Crippen molar-refractivity contribution in [3.63, 3.8) is 0 Å². The lowest BCUT2D eigenvalue weighted by atomic mass is 9.96. The van der Waals surface area contributed by atoms with Crippen LogP contribution in [0.5, 0.6) is 0 Å². The van der Waals surface area contributed by atoms with Gasteiger partial charge in [0.2, 0.25) is 5.82 Å². The molecule has 0 amide bonds. The second-order valence-electron chi connectivity index (χ2n) is 4.31. The van der Waals surface area contributed by atoms with Crippen molar-refractivity contribution in [1.29, 1.82) is 0 Å². The molecule has 0 radical (unpaired) electrons. The van der Waals surface area contributed by atoms with E-state index >= 15 is 0 Å². The molecule has 1 aromatic heterocycles. The van der Waals surface area contributed by atoms with Crippen molar-refractivity contribution in [3.8, 4) is 0 Å². The highest BCUT2D eigenvalue weighted by atomic mass is 19.4. The number of hydrogen-bond acceptors (Lipinski definition) is 5. The van der Waals surface area contributed by atoms with E-state index in [1.165, 1.54) is 7.11 Å². The Morgan fingerprint density at radius 3 is 2.47 bits per heavy atom. The van der Waals surface area contributed by atoms with Crippen molar-refractivity contribution in [3.05, 3.63) is 18.2 Å². The minimum atomic E-state index is -4.53. The standard InChI is InChI=1S/C11H12F3N3O2/c1-19-9(18)2-7-5-17(6-7)8-3-15-10(16-4-8)11(12,13)14/h3-4,7H,2,5-6H2,1H3. The SMILES string of the molecule is COC(=O)CC1CN(c2cnc(C(F)(F)F)nc2)C1. The Hall–Kier alpha value is -1.86. The summed E-state index contributed by atoms with van der Waals surface area (Å²) < 4.78 is 41.4. The number of esters is 1. The van der Waals surface area contributed by atoms with Crippen LogP contribution in [0.3, 0.4) is 0 Å². The molecule has 1 aliphatic heterocycles. The Balaban J connectivity index is 1.90. The van der Waals surface area contributed by atoms with Crippen molar-refractivity contribution in [2.24, 2.45) is 5.92 Å². The van der Waals surface area contributed by atoms with Crippen molar-refractivity contribution in [2.45, 2.75) is 12.6 Å². The lowest BCUT2D eigenvalue weighted by molar-refractivity contribution is -0.145. The predicted molar refractivity (Wildman–Crippen MR) is 59.4 cm³/mol. The molecule has 0 bridgehead atoms. The maximum Gasteiger partial charge on any atom is 0.451 e. The maximum atomic E-state index is 12.3. The average Bonchev–Trinajstić information content (AvgIpc) is 2.32. The van der Waals surface area contributed by atoms with E-state index in [9.17, 15) is 18.0 Å². The van der Waals surface area contributed by atoms with Crippen LogP contribution in [0.15, 0.2) is 12.4 Å². The van der Waals surface area contributed by atoms with E-state index in [4.69, 9.17) is 0 Å². The summed E-state index contributed by atoms with van der Waals surface area (Å²) in [5.41, 5.74) is 0.522. The number of carbonyl (C=O) groups is 1. The molecule has 19 heavy (non-hydrogen) atoms. The van der Waals surface area contributed by atoms with E-state index in [-0.39, 0.29) is 11.9 Å². The van der Waals surface area contributed by atoms with Gasteiger partial charge in [-0.3, -0.25) is 4.79 Å². The van der Waals surface area contributed by atoms with Gasteiger partial charge in [-0.15, -0.1) is 0 Å². The zero-order chi connectivity index (χ0) is 14.0. The van der Waals surface area contributed by atoms with Gasteiger partial charge in [-0.2, -0.15) is 13.2 Å². The second-order valence-corrected chi connectivity index (χ2v) is 4.31. The maximum absolute atomic E-state index is 12.3. The topological polar surface area (TPSA) is 55.3 Å². The Bertz CT molecular complexity index is 455. The molecule has 5 nitrogen and oxygen atoms in total. The van der Waals surface area contributed by atoms with Crippen LogP contribution in [0.4, 0.5) is 18.9 Å². The van der Waals surface area contributed by atoms with Gasteiger partial charge in [0.05, 0.1) is 31.6 Å². The second kappa shape index (κ2) is 5.02. The summed E-state index contributed by atoms with van der Waals surface area (Å²) in [6.45, 7) is 1.17. The summed E-state index contributed by atoms with van der Waals surface area (Å²) in [7, 11) is 1.32.